The first-order chi connectivity index (χ1) is 7.68. The number of ketones is 1. The van der Waals surface area contributed by atoms with Gasteiger partial charge in [0.1, 0.15) is 0 Å². The summed E-state index contributed by atoms with van der Waals surface area (Å²) < 4.78 is 6.02. The molecule has 1 fully saturated rings. The monoisotopic (exact) mass is 302 g/mol. The molecule has 0 radical (unpaired) electrons. The van der Waals surface area contributed by atoms with Gasteiger partial charge in [0.25, 0.3) is 0 Å². The van der Waals surface area contributed by atoms with Crippen molar-refractivity contribution in [3.05, 3.63) is 33.3 Å². The van der Waals surface area contributed by atoms with Crippen LogP contribution >= 0.6 is 27.5 Å². The van der Waals surface area contributed by atoms with E-state index in [1.54, 1.807) is 18.2 Å². The van der Waals surface area contributed by atoms with Gasteiger partial charge in [0.2, 0.25) is 0 Å². The summed E-state index contributed by atoms with van der Waals surface area (Å²) in [5.41, 5.74) is 0.719. The average molecular weight is 304 g/mol. The van der Waals surface area contributed by atoms with E-state index in [2.05, 4.69) is 15.9 Å². The molecule has 1 aromatic carbocycles. The second-order valence-electron chi connectivity index (χ2n) is 3.88. The van der Waals surface area contributed by atoms with Gasteiger partial charge in [-0.3, -0.25) is 4.79 Å². The lowest BCUT2D eigenvalue weighted by molar-refractivity contribution is 0.0544. The zero-order valence-electron chi connectivity index (χ0n) is 8.71. The van der Waals surface area contributed by atoms with E-state index >= 15 is 0 Å². The molecular formula is C12H12BrClO2. The van der Waals surface area contributed by atoms with Crippen molar-refractivity contribution in [2.45, 2.75) is 12.8 Å². The van der Waals surface area contributed by atoms with E-state index in [0.29, 0.717) is 18.2 Å². The Labute approximate surface area is 108 Å². The Bertz CT molecular complexity index is 400. The quantitative estimate of drug-likeness (QED) is 0.779. The Kier molecular flexibility index (Phi) is 4.00. The van der Waals surface area contributed by atoms with Crippen molar-refractivity contribution in [1.82, 2.24) is 0 Å². The van der Waals surface area contributed by atoms with Crippen molar-refractivity contribution in [1.29, 1.82) is 0 Å². The standard InChI is InChI=1S/C12H12BrClO2/c13-11-7-9(14)1-2-10(11)12(15)8-3-5-16-6-4-8/h1-2,7-8H,3-6H2. The van der Waals surface area contributed by atoms with Gasteiger partial charge in [-0.2, -0.15) is 0 Å². The van der Waals surface area contributed by atoms with Crippen LogP contribution in [0.25, 0.3) is 0 Å². The third-order valence-corrected chi connectivity index (χ3v) is 3.68. The van der Waals surface area contributed by atoms with E-state index < -0.39 is 0 Å². The second kappa shape index (κ2) is 5.30. The number of Topliss-reactive ketones (excluding diaryl/α,β-unsaturated/α-hetero) is 1. The molecule has 0 aliphatic carbocycles. The summed E-state index contributed by atoms with van der Waals surface area (Å²) in [6.07, 6.45) is 1.63. The molecule has 0 N–H and O–H groups in total. The molecule has 1 aliphatic rings. The summed E-state index contributed by atoms with van der Waals surface area (Å²) in [6, 6.07) is 5.29. The van der Waals surface area contributed by atoms with Crippen LogP contribution in [0.2, 0.25) is 5.02 Å². The summed E-state index contributed by atoms with van der Waals surface area (Å²) >= 11 is 9.22. The van der Waals surface area contributed by atoms with Gasteiger partial charge >= 0.3 is 0 Å². The van der Waals surface area contributed by atoms with Gasteiger partial charge in [-0.05, 0) is 47.0 Å². The number of carbonyl (C=O) groups excluding carboxylic acids is 1. The Morgan fingerprint density at radius 1 is 1.38 bits per heavy atom. The smallest absolute Gasteiger partial charge is 0.167 e. The summed E-state index contributed by atoms with van der Waals surface area (Å²) in [6.45, 7) is 1.36. The molecule has 0 unspecified atom stereocenters. The van der Waals surface area contributed by atoms with Crippen LogP contribution in [0.15, 0.2) is 22.7 Å². The summed E-state index contributed by atoms with van der Waals surface area (Å²) in [5.74, 6) is 0.276. The molecule has 1 heterocycles. The molecule has 4 heteroatoms. The number of ether oxygens (including phenoxy) is 1. The summed E-state index contributed by atoms with van der Waals surface area (Å²) in [7, 11) is 0. The van der Waals surface area contributed by atoms with Crippen LogP contribution in [0.1, 0.15) is 23.2 Å². The Morgan fingerprint density at radius 2 is 2.06 bits per heavy atom. The number of rotatable bonds is 2. The molecule has 0 bridgehead atoms. The normalized spacial score (nSPS) is 17.4. The van der Waals surface area contributed by atoms with E-state index in [-0.39, 0.29) is 11.7 Å². The second-order valence-corrected chi connectivity index (χ2v) is 5.17. The molecule has 0 atom stereocenters. The van der Waals surface area contributed by atoms with Crippen LogP contribution in [0.5, 0.6) is 0 Å². The van der Waals surface area contributed by atoms with Gasteiger partial charge in [-0.25, -0.2) is 0 Å². The van der Waals surface area contributed by atoms with Crippen molar-refractivity contribution < 1.29 is 9.53 Å². The largest absolute Gasteiger partial charge is 0.381 e. The molecule has 1 aromatic rings. The van der Waals surface area contributed by atoms with Crippen molar-refractivity contribution in [2.75, 3.05) is 13.2 Å². The van der Waals surface area contributed by atoms with Crippen LogP contribution in [0, 0.1) is 5.92 Å². The minimum absolute atomic E-state index is 0.0891. The van der Waals surface area contributed by atoms with Gasteiger partial charge in [0, 0.05) is 34.2 Å². The SMILES string of the molecule is O=C(c1ccc(Cl)cc1Br)C1CCOCC1. The third kappa shape index (κ3) is 2.65. The maximum atomic E-state index is 12.2. The zero-order chi connectivity index (χ0) is 11.5. The fraction of sp³-hybridized carbons (Fsp3) is 0.417. The minimum atomic E-state index is 0.0891. The predicted molar refractivity (Wildman–Crippen MR) is 67.0 cm³/mol. The lowest BCUT2D eigenvalue weighted by Gasteiger charge is -2.21. The molecule has 2 nitrogen and oxygen atoms in total. The number of halogens is 2. The van der Waals surface area contributed by atoms with Crippen LogP contribution in [0.3, 0.4) is 0 Å². The molecule has 1 saturated heterocycles. The number of hydrogen-bond donors (Lipinski definition) is 0. The van der Waals surface area contributed by atoms with Gasteiger partial charge in [-0.15, -0.1) is 0 Å². The summed E-state index contributed by atoms with van der Waals surface area (Å²) in [5, 5.41) is 0.635. The molecule has 0 aromatic heterocycles. The molecule has 86 valence electrons. The number of carbonyl (C=O) groups is 1. The highest BCUT2D eigenvalue weighted by atomic mass is 79.9. The van der Waals surface area contributed by atoms with E-state index in [4.69, 9.17) is 16.3 Å². The first kappa shape index (κ1) is 12.1. The Morgan fingerprint density at radius 3 is 2.69 bits per heavy atom. The van der Waals surface area contributed by atoms with E-state index in [1.165, 1.54) is 0 Å². The highest BCUT2D eigenvalue weighted by Gasteiger charge is 2.24. The van der Waals surface area contributed by atoms with Crippen molar-refractivity contribution in [3.8, 4) is 0 Å². The van der Waals surface area contributed by atoms with Crippen LogP contribution in [0.4, 0.5) is 0 Å². The van der Waals surface area contributed by atoms with Gasteiger partial charge in [0.15, 0.2) is 5.78 Å². The lowest BCUT2D eigenvalue weighted by atomic mass is 9.91. The molecule has 0 amide bonds. The van der Waals surface area contributed by atoms with Crippen LogP contribution < -0.4 is 0 Å². The molecule has 1 aliphatic heterocycles. The highest BCUT2D eigenvalue weighted by Crippen LogP contribution is 2.27. The number of benzene rings is 1. The fourth-order valence-electron chi connectivity index (χ4n) is 1.87. The molecular weight excluding hydrogens is 291 g/mol. The van der Waals surface area contributed by atoms with Gasteiger partial charge in [-0.1, -0.05) is 11.6 Å². The van der Waals surface area contributed by atoms with Crippen molar-refractivity contribution in [3.63, 3.8) is 0 Å². The molecule has 16 heavy (non-hydrogen) atoms. The van der Waals surface area contributed by atoms with Gasteiger partial charge < -0.3 is 4.74 Å². The van der Waals surface area contributed by atoms with E-state index in [1.807, 2.05) is 0 Å². The van der Waals surface area contributed by atoms with E-state index in [9.17, 15) is 4.79 Å². The van der Waals surface area contributed by atoms with E-state index in [0.717, 1.165) is 22.9 Å². The summed E-state index contributed by atoms with van der Waals surface area (Å²) in [4.78, 5) is 12.2. The highest BCUT2D eigenvalue weighted by molar-refractivity contribution is 9.10. The minimum Gasteiger partial charge on any atom is -0.381 e. The average Bonchev–Trinajstić information content (AvgIpc) is 2.29. The fourth-order valence-corrected chi connectivity index (χ4v) is 2.75. The van der Waals surface area contributed by atoms with Crippen LogP contribution in [-0.2, 0) is 4.74 Å². The first-order valence-electron chi connectivity index (χ1n) is 5.25. The maximum absolute atomic E-state index is 12.2. The first-order valence-corrected chi connectivity index (χ1v) is 6.42. The molecule has 0 saturated carbocycles. The maximum Gasteiger partial charge on any atom is 0.167 e. The molecule has 2 rings (SSSR count). The third-order valence-electron chi connectivity index (χ3n) is 2.79. The lowest BCUT2D eigenvalue weighted by Crippen LogP contribution is -2.23. The number of hydrogen-bond acceptors (Lipinski definition) is 2. The van der Waals surface area contributed by atoms with Crippen LogP contribution in [-0.4, -0.2) is 19.0 Å². The predicted octanol–water partition coefficient (Wildman–Crippen LogP) is 3.71. The Balaban J connectivity index is 2.19. The van der Waals surface area contributed by atoms with Crippen molar-refractivity contribution in [2.24, 2.45) is 5.92 Å². The molecule has 0 spiro atoms. The van der Waals surface area contributed by atoms with Crippen molar-refractivity contribution >= 4 is 33.3 Å². The van der Waals surface area contributed by atoms with Gasteiger partial charge in [0.05, 0.1) is 0 Å². The topological polar surface area (TPSA) is 26.3 Å². The Hall–Kier alpha value is -0.380. The zero-order valence-corrected chi connectivity index (χ0v) is 11.1.